The quantitative estimate of drug-likeness (QED) is 0.522. The number of hydrogen-bond donors (Lipinski definition) is 1. The number of fused-ring (bicyclic) bond motifs is 2. The number of alkyl halides is 6. The van der Waals surface area contributed by atoms with E-state index in [1.165, 1.54) is 4.90 Å². The van der Waals surface area contributed by atoms with Crippen molar-refractivity contribution in [2.45, 2.75) is 12.4 Å². The van der Waals surface area contributed by atoms with E-state index in [1.807, 2.05) is 0 Å². The van der Waals surface area contributed by atoms with Gasteiger partial charge in [-0.05, 0) is 24.3 Å². The van der Waals surface area contributed by atoms with Crippen LogP contribution in [0.1, 0.15) is 26.3 Å². The first kappa shape index (κ1) is 24.8. The van der Waals surface area contributed by atoms with Crippen LogP contribution < -0.4 is 4.74 Å². The summed E-state index contributed by atoms with van der Waals surface area (Å²) in [5.41, 5.74) is -0.382. The number of ether oxygens (including phenoxy) is 1. The number of likely N-dealkylation sites (tertiary alicyclic amines) is 2. The van der Waals surface area contributed by atoms with Crippen LogP contribution in [0.2, 0.25) is 0 Å². The summed E-state index contributed by atoms with van der Waals surface area (Å²) >= 11 is 0. The summed E-state index contributed by atoms with van der Waals surface area (Å²) in [6.45, 7) is -0.805. The van der Waals surface area contributed by atoms with Crippen LogP contribution in [0, 0.1) is 11.8 Å². The Hall–Kier alpha value is -3.91. The van der Waals surface area contributed by atoms with Gasteiger partial charge in [0.2, 0.25) is 5.88 Å². The SMILES string of the molecule is O=C(c1cnc(OCC(F)(F)F)c(C(F)(F)F)c1)N1C[C@@H]2CN(C(=O)c3ccc4n[nH]nc4c3)C[C@H]2C1. The van der Waals surface area contributed by atoms with Crippen molar-refractivity contribution in [2.24, 2.45) is 11.8 Å². The number of carbonyl (C=O) groups excluding carboxylic acids is 2. The maximum absolute atomic E-state index is 13.4. The Morgan fingerprint density at radius 2 is 1.49 bits per heavy atom. The molecule has 0 unspecified atom stereocenters. The van der Waals surface area contributed by atoms with Gasteiger partial charge in [0.05, 0.1) is 5.56 Å². The van der Waals surface area contributed by atoms with Crippen LogP contribution in [0.5, 0.6) is 5.88 Å². The molecule has 15 heteroatoms. The minimum Gasteiger partial charge on any atom is -0.468 e. The number of benzene rings is 1. The van der Waals surface area contributed by atoms with E-state index >= 15 is 0 Å². The average Bonchev–Trinajstić information content (AvgIpc) is 3.55. The molecule has 2 amide bonds. The molecule has 2 aromatic heterocycles. The Kier molecular flexibility index (Phi) is 5.95. The van der Waals surface area contributed by atoms with Gasteiger partial charge in [-0.2, -0.15) is 41.8 Å². The fourth-order valence-corrected chi connectivity index (χ4v) is 4.70. The number of rotatable bonds is 4. The Morgan fingerprint density at radius 1 is 0.892 bits per heavy atom. The van der Waals surface area contributed by atoms with Gasteiger partial charge in [0, 0.05) is 49.8 Å². The molecule has 2 atom stereocenters. The van der Waals surface area contributed by atoms with Gasteiger partial charge >= 0.3 is 12.4 Å². The highest BCUT2D eigenvalue weighted by Gasteiger charge is 2.44. The molecule has 1 N–H and O–H groups in total. The number of aromatic nitrogens is 4. The van der Waals surface area contributed by atoms with E-state index in [2.05, 4.69) is 25.1 Å². The molecule has 0 bridgehead atoms. The summed E-state index contributed by atoms with van der Waals surface area (Å²) in [4.78, 5) is 32.2. The van der Waals surface area contributed by atoms with Gasteiger partial charge in [0.1, 0.15) is 16.6 Å². The highest BCUT2D eigenvalue weighted by molar-refractivity contribution is 5.97. The smallest absolute Gasteiger partial charge is 0.422 e. The highest BCUT2D eigenvalue weighted by Crippen LogP contribution is 2.37. The van der Waals surface area contributed by atoms with Crippen molar-refractivity contribution in [2.75, 3.05) is 32.8 Å². The molecule has 2 saturated heterocycles. The van der Waals surface area contributed by atoms with Crippen LogP contribution in [-0.2, 0) is 6.18 Å². The van der Waals surface area contributed by atoms with Gasteiger partial charge in [0.15, 0.2) is 6.61 Å². The second kappa shape index (κ2) is 8.88. The van der Waals surface area contributed by atoms with Crippen molar-refractivity contribution in [3.05, 3.63) is 47.2 Å². The van der Waals surface area contributed by atoms with Crippen molar-refractivity contribution in [3.8, 4) is 5.88 Å². The van der Waals surface area contributed by atoms with Crippen LogP contribution in [0.4, 0.5) is 26.3 Å². The molecule has 0 saturated carbocycles. The summed E-state index contributed by atoms with van der Waals surface area (Å²) in [5, 5.41) is 10.4. The lowest BCUT2D eigenvalue weighted by Crippen LogP contribution is -2.35. The maximum atomic E-state index is 13.4. The van der Waals surface area contributed by atoms with Gasteiger partial charge in [-0.15, -0.1) is 0 Å². The zero-order valence-electron chi connectivity index (χ0n) is 18.8. The standard InChI is InChI=1S/C22H18F6N6O3/c23-21(24,25)10-37-18-15(22(26,27)28)3-12(5-29-18)20(36)34-8-13-6-33(7-14(13)9-34)19(35)11-1-2-16-17(4-11)31-32-30-16/h1-5,13-14H,6-10H2,(H,30,31,32)/t13-,14-/m0/s1. The van der Waals surface area contributed by atoms with Gasteiger partial charge < -0.3 is 14.5 Å². The lowest BCUT2D eigenvalue weighted by molar-refractivity contribution is -0.159. The van der Waals surface area contributed by atoms with E-state index in [4.69, 9.17) is 0 Å². The predicted molar refractivity (Wildman–Crippen MR) is 113 cm³/mol. The van der Waals surface area contributed by atoms with E-state index < -0.39 is 41.9 Å². The van der Waals surface area contributed by atoms with Crippen molar-refractivity contribution in [1.29, 1.82) is 0 Å². The van der Waals surface area contributed by atoms with Gasteiger partial charge in [-0.25, -0.2) is 4.98 Å². The first-order valence-electron chi connectivity index (χ1n) is 11.0. The topological polar surface area (TPSA) is 104 Å². The Bertz CT molecular complexity index is 1340. The fourth-order valence-electron chi connectivity index (χ4n) is 4.70. The molecule has 4 heterocycles. The number of nitrogens with zero attached hydrogens (tertiary/aromatic N) is 5. The monoisotopic (exact) mass is 528 g/mol. The summed E-state index contributed by atoms with van der Waals surface area (Å²) in [6.07, 6.45) is -9.17. The van der Waals surface area contributed by atoms with E-state index in [0.717, 1.165) is 6.20 Å². The van der Waals surface area contributed by atoms with Gasteiger partial charge in [-0.1, -0.05) is 0 Å². The molecule has 0 radical (unpaired) electrons. The van der Waals surface area contributed by atoms with Crippen molar-refractivity contribution in [3.63, 3.8) is 0 Å². The number of pyridine rings is 1. The molecule has 1 aromatic carbocycles. The van der Waals surface area contributed by atoms with Crippen molar-refractivity contribution < 1.29 is 40.7 Å². The molecule has 196 valence electrons. The number of H-pyrrole nitrogens is 1. The molecule has 2 fully saturated rings. The maximum Gasteiger partial charge on any atom is 0.422 e. The Morgan fingerprint density at radius 3 is 2.08 bits per heavy atom. The highest BCUT2D eigenvalue weighted by atomic mass is 19.4. The summed E-state index contributed by atoms with van der Waals surface area (Å²) in [7, 11) is 0. The minimum absolute atomic E-state index is 0.0758. The molecule has 2 aliphatic heterocycles. The van der Waals surface area contributed by atoms with Crippen LogP contribution in [0.25, 0.3) is 11.0 Å². The third-order valence-corrected chi connectivity index (χ3v) is 6.40. The zero-order valence-corrected chi connectivity index (χ0v) is 18.8. The second-order valence-corrected chi connectivity index (χ2v) is 8.95. The number of aromatic amines is 1. The predicted octanol–water partition coefficient (Wildman–Crippen LogP) is 3.16. The van der Waals surface area contributed by atoms with E-state index in [1.54, 1.807) is 23.1 Å². The normalized spacial score (nSPS) is 19.9. The molecular formula is C22H18F6N6O3. The molecule has 37 heavy (non-hydrogen) atoms. The van der Waals surface area contributed by atoms with Crippen LogP contribution in [0.3, 0.4) is 0 Å². The lowest BCUT2D eigenvalue weighted by Gasteiger charge is -2.22. The van der Waals surface area contributed by atoms with E-state index in [-0.39, 0.29) is 30.8 Å². The summed E-state index contributed by atoms with van der Waals surface area (Å²) < 4.78 is 81.7. The van der Waals surface area contributed by atoms with Crippen LogP contribution in [-0.4, -0.2) is 81.0 Å². The number of halogens is 6. The van der Waals surface area contributed by atoms with Crippen LogP contribution in [0.15, 0.2) is 30.5 Å². The lowest BCUT2D eigenvalue weighted by atomic mass is 10.0. The van der Waals surface area contributed by atoms with Gasteiger partial charge in [0.25, 0.3) is 11.8 Å². The number of hydrogen-bond acceptors (Lipinski definition) is 6. The average molecular weight is 528 g/mol. The number of carbonyl (C=O) groups is 2. The summed E-state index contributed by atoms with van der Waals surface area (Å²) in [6, 6.07) is 5.39. The van der Waals surface area contributed by atoms with Crippen molar-refractivity contribution >= 4 is 22.8 Å². The first-order chi connectivity index (χ1) is 17.4. The third kappa shape index (κ3) is 5.02. The van der Waals surface area contributed by atoms with Crippen molar-refractivity contribution in [1.82, 2.24) is 30.2 Å². The Labute approximate surface area is 204 Å². The first-order valence-corrected chi connectivity index (χ1v) is 11.0. The van der Waals surface area contributed by atoms with E-state index in [9.17, 15) is 35.9 Å². The number of nitrogens with one attached hydrogen (secondary N) is 1. The third-order valence-electron chi connectivity index (χ3n) is 6.40. The van der Waals surface area contributed by atoms with Gasteiger partial charge in [-0.3, -0.25) is 9.59 Å². The molecule has 3 aromatic rings. The van der Waals surface area contributed by atoms with E-state index in [0.29, 0.717) is 35.8 Å². The number of amides is 2. The minimum atomic E-state index is -5.08. The molecule has 2 aliphatic rings. The summed E-state index contributed by atoms with van der Waals surface area (Å²) in [5.74, 6) is -2.34. The fraction of sp³-hybridized carbons (Fsp3) is 0.409. The molecule has 0 aliphatic carbocycles. The molecular weight excluding hydrogens is 510 g/mol. The molecule has 5 rings (SSSR count). The largest absolute Gasteiger partial charge is 0.468 e. The molecule has 0 spiro atoms. The second-order valence-electron chi connectivity index (χ2n) is 8.95. The zero-order chi connectivity index (χ0) is 26.5. The van der Waals surface area contributed by atoms with Crippen LogP contribution >= 0.6 is 0 Å². The Balaban J connectivity index is 1.25. The molecule has 9 nitrogen and oxygen atoms in total.